The minimum Gasteiger partial charge on any atom is -0.315 e. The Kier molecular flexibility index (Phi) is 6.05. The Morgan fingerprint density at radius 2 is 1.73 bits per heavy atom. The fraction of sp³-hybridized carbons (Fsp3) is 0.214. The molecule has 5 rings (SSSR count). The molecule has 1 N–H and O–H groups in total. The maximum absolute atomic E-state index is 11.9. The summed E-state index contributed by atoms with van der Waals surface area (Å²) in [6, 6.07) is 25.7. The van der Waals surface area contributed by atoms with E-state index >= 15 is 0 Å². The van der Waals surface area contributed by atoms with Gasteiger partial charge in [-0.1, -0.05) is 60.7 Å². The molecule has 5 heteroatoms. The lowest BCUT2D eigenvalue weighted by atomic mass is 9.98. The first-order chi connectivity index (χ1) is 16.2. The highest BCUT2D eigenvalue weighted by atomic mass is 16.2. The largest absolute Gasteiger partial charge is 0.315 e. The second-order valence-corrected chi connectivity index (χ2v) is 8.58. The van der Waals surface area contributed by atoms with Crippen LogP contribution >= 0.6 is 0 Å². The van der Waals surface area contributed by atoms with Crippen molar-refractivity contribution >= 4 is 11.6 Å². The molecular weight excluding hydrogens is 408 g/mol. The number of carbonyl (C=O) groups is 1. The molecular formula is C28H28N4O. The molecule has 5 nitrogen and oxygen atoms in total. The standard InChI is InChI=1S/C28H28N4O/c1-31-27-13-9-22(17-24(27)12-14-28(31)33)18-29-19-25-5-2-3-6-26(25)23-10-7-21(8-11-23)20-32-16-4-15-30-32/h2-11,13,15-17,29H,12,14,18-20H2,1H3. The second kappa shape index (κ2) is 9.43. The zero-order chi connectivity index (χ0) is 22.6. The Morgan fingerprint density at radius 3 is 2.55 bits per heavy atom. The summed E-state index contributed by atoms with van der Waals surface area (Å²) in [6.45, 7) is 2.37. The molecule has 0 unspecified atom stereocenters. The number of fused-ring (bicyclic) bond motifs is 1. The van der Waals surface area contributed by atoms with E-state index in [1.165, 1.54) is 33.4 Å². The molecule has 0 saturated carbocycles. The van der Waals surface area contributed by atoms with E-state index in [-0.39, 0.29) is 5.91 Å². The predicted octanol–water partition coefficient (Wildman–Crippen LogP) is 4.80. The smallest absolute Gasteiger partial charge is 0.227 e. The predicted molar refractivity (Wildman–Crippen MR) is 132 cm³/mol. The van der Waals surface area contributed by atoms with Crippen LogP contribution in [0.5, 0.6) is 0 Å². The molecule has 33 heavy (non-hydrogen) atoms. The Hall–Kier alpha value is -3.70. The van der Waals surface area contributed by atoms with Crippen LogP contribution in [0.15, 0.2) is 85.2 Å². The molecule has 1 aliphatic rings. The number of anilines is 1. The van der Waals surface area contributed by atoms with E-state index in [9.17, 15) is 4.79 Å². The number of rotatable bonds is 7. The normalized spacial score (nSPS) is 13.2. The van der Waals surface area contributed by atoms with Crippen LogP contribution in [-0.2, 0) is 30.8 Å². The molecule has 4 aromatic rings. The van der Waals surface area contributed by atoms with Gasteiger partial charge in [-0.15, -0.1) is 0 Å². The minimum absolute atomic E-state index is 0.194. The maximum atomic E-state index is 11.9. The first-order valence-corrected chi connectivity index (χ1v) is 11.4. The van der Waals surface area contributed by atoms with E-state index in [0.29, 0.717) is 6.42 Å². The maximum Gasteiger partial charge on any atom is 0.227 e. The summed E-state index contributed by atoms with van der Waals surface area (Å²) in [5.74, 6) is 0.194. The highest BCUT2D eigenvalue weighted by Crippen LogP contribution is 2.28. The average Bonchev–Trinajstić information content (AvgIpc) is 3.36. The summed E-state index contributed by atoms with van der Waals surface area (Å²) >= 11 is 0. The molecule has 0 saturated heterocycles. The number of aryl methyl sites for hydroxylation is 1. The van der Waals surface area contributed by atoms with Gasteiger partial charge in [0.1, 0.15) is 0 Å². The van der Waals surface area contributed by atoms with Crippen molar-refractivity contribution in [2.45, 2.75) is 32.5 Å². The van der Waals surface area contributed by atoms with Crippen molar-refractivity contribution < 1.29 is 4.79 Å². The molecule has 3 aromatic carbocycles. The molecule has 2 heterocycles. The highest BCUT2D eigenvalue weighted by molar-refractivity contribution is 5.95. The van der Waals surface area contributed by atoms with E-state index in [1.807, 2.05) is 24.0 Å². The van der Waals surface area contributed by atoms with Gasteiger partial charge in [0.2, 0.25) is 5.91 Å². The fourth-order valence-electron chi connectivity index (χ4n) is 4.49. The van der Waals surface area contributed by atoms with Crippen LogP contribution in [0.4, 0.5) is 5.69 Å². The van der Waals surface area contributed by atoms with Gasteiger partial charge in [-0.05, 0) is 51.9 Å². The Balaban J connectivity index is 1.25. The Bertz CT molecular complexity index is 1250. The average molecular weight is 437 g/mol. The van der Waals surface area contributed by atoms with E-state index in [2.05, 4.69) is 77.1 Å². The van der Waals surface area contributed by atoms with Crippen LogP contribution in [0.2, 0.25) is 0 Å². The summed E-state index contributed by atoms with van der Waals surface area (Å²) in [5.41, 5.74) is 8.53. The van der Waals surface area contributed by atoms with E-state index in [1.54, 1.807) is 11.1 Å². The summed E-state index contributed by atoms with van der Waals surface area (Å²) in [5, 5.41) is 7.89. The molecule has 1 amide bonds. The summed E-state index contributed by atoms with van der Waals surface area (Å²) in [4.78, 5) is 13.7. The lowest BCUT2D eigenvalue weighted by Gasteiger charge is -2.26. The molecule has 0 fully saturated rings. The van der Waals surface area contributed by atoms with Crippen LogP contribution in [0, 0.1) is 0 Å². The molecule has 0 aliphatic carbocycles. The van der Waals surface area contributed by atoms with E-state index in [0.717, 1.165) is 31.7 Å². The Labute approximate surface area is 194 Å². The zero-order valence-electron chi connectivity index (χ0n) is 18.9. The lowest BCUT2D eigenvalue weighted by molar-refractivity contribution is -0.118. The SMILES string of the molecule is CN1C(=O)CCc2cc(CNCc3ccccc3-c3ccc(Cn4cccn4)cc3)ccc21. The number of amides is 1. The van der Waals surface area contributed by atoms with Crippen molar-refractivity contribution in [3.63, 3.8) is 0 Å². The third-order valence-electron chi connectivity index (χ3n) is 6.32. The van der Waals surface area contributed by atoms with Crippen molar-refractivity contribution in [1.82, 2.24) is 15.1 Å². The number of carbonyl (C=O) groups excluding carboxylic acids is 1. The van der Waals surface area contributed by atoms with Crippen LogP contribution in [0.1, 0.15) is 28.7 Å². The molecule has 0 atom stereocenters. The van der Waals surface area contributed by atoms with Crippen LogP contribution in [-0.4, -0.2) is 22.7 Å². The Morgan fingerprint density at radius 1 is 0.909 bits per heavy atom. The third kappa shape index (κ3) is 4.73. The molecule has 0 spiro atoms. The van der Waals surface area contributed by atoms with Crippen molar-refractivity contribution in [2.24, 2.45) is 0 Å². The van der Waals surface area contributed by atoms with E-state index < -0.39 is 0 Å². The summed E-state index contributed by atoms with van der Waals surface area (Å²) < 4.78 is 1.93. The lowest BCUT2D eigenvalue weighted by Crippen LogP contribution is -2.31. The van der Waals surface area contributed by atoms with Crippen molar-refractivity contribution in [1.29, 1.82) is 0 Å². The van der Waals surface area contributed by atoms with Crippen LogP contribution < -0.4 is 10.2 Å². The van der Waals surface area contributed by atoms with Gasteiger partial charge in [0, 0.05) is 44.6 Å². The highest BCUT2D eigenvalue weighted by Gasteiger charge is 2.20. The quantitative estimate of drug-likeness (QED) is 0.453. The van der Waals surface area contributed by atoms with Gasteiger partial charge >= 0.3 is 0 Å². The van der Waals surface area contributed by atoms with Crippen LogP contribution in [0.25, 0.3) is 11.1 Å². The van der Waals surface area contributed by atoms with Gasteiger partial charge in [-0.25, -0.2) is 0 Å². The molecule has 1 aliphatic heterocycles. The first kappa shape index (κ1) is 21.2. The monoisotopic (exact) mass is 436 g/mol. The van der Waals surface area contributed by atoms with Gasteiger partial charge in [-0.2, -0.15) is 5.10 Å². The van der Waals surface area contributed by atoms with Gasteiger partial charge in [-0.3, -0.25) is 9.48 Å². The van der Waals surface area contributed by atoms with Gasteiger partial charge in [0.15, 0.2) is 0 Å². The number of nitrogens with zero attached hydrogens (tertiary/aromatic N) is 3. The molecule has 166 valence electrons. The molecule has 0 bridgehead atoms. The third-order valence-corrected chi connectivity index (χ3v) is 6.32. The van der Waals surface area contributed by atoms with Gasteiger partial charge in [0.05, 0.1) is 6.54 Å². The topological polar surface area (TPSA) is 50.2 Å². The number of nitrogens with one attached hydrogen (secondary N) is 1. The number of hydrogen-bond acceptors (Lipinski definition) is 3. The minimum atomic E-state index is 0.194. The summed E-state index contributed by atoms with van der Waals surface area (Å²) in [7, 11) is 1.86. The van der Waals surface area contributed by atoms with Gasteiger partial charge in [0.25, 0.3) is 0 Å². The molecule has 0 radical (unpaired) electrons. The molecule has 1 aromatic heterocycles. The second-order valence-electron chi connectivity index (χ2n) is 8.58. The summed E-state index contributed by atoms with van der Waals surface area (Å²) in [6.07, 6.45) is 5.20. The van der Waals surface area contributed by atoms with Crippen molar-refractivity contribution in [3.8, 4) is 11.1 Å². The number of benzene rings is 3. The van der Waals surface area contributed by atoms with Crippen LogP contribution in [0.3, 0.4) is 0 Å². The van der Waals surface area contributed by atoms with E-state index in [4.69, 9.17) is 0 Å². The number of hydrogen-bond donors (Lipinski definition) is 1. The number of aromatic nitrogens is 2. The van der Waals surface area contributed by atoms with Crippen molar-refractivity contribution in [2.75, 3.05) is 11.9 Å². The van der Waals surface area contributed by atoms with Gasteiger partial charge < -0.3 is 10.2 Å². The fourth-order valence-corrected chi connectivity index (χ4v) is 4.49. The van der Waals surface area contributed by atoms with Crippen molar-refractivity contribution in [3.05, 3.63) is 107 Å². The zero-order valence-corrected chi connectivity index (χ0v) is 18.9. The first-order valence-electron chi connectivity index (χ1n) is 11.4.